The highest BCUT2D eigenvalue weighted by molar-refractivity contribution is 7.99. The van der Waals surface area contributed by atoms with Crippen molar-refractivity contribution in [3.8, 4) is 5.75 Å². The van der Waals surface area contributed by atoms with Gasteiger partial charge in [-0.05, 0) is 42.0 Å². The smallest absolute Gasteiger partial charge is 0.250 e. The predicted molar refractivity (Wildman–Crippen MR) is 111 cm³/mol. The summed E-state index contributed by atoms with van der Waals surface area (Å²) >= 11 is 7.36. The van der Waals surface area contributed by atoms with Gasteiger partial charge >= 0.3 is 0 Å². The first kappa shape index (κ1) is 19.9. The molecule has 1 amide bonds. The minimum Gasteiger partial charge on any atom is -0.489 e. The third-order valence-electron chi connectivity index (χ3n) is 3.51. The van der Waals surface area contributed by atoms with Crippen LogP contribution in [-0.2, 0) is 11.4 Å². The van der Waals surface area contributed by atoms with Gasteiger partial charge in [0.05, 0.1) is 12.0 Å². The zero-order valence-electron chi connectivity index (χ0n) is 14.8. The number of carbonyl (C=O) groups is 1. The highest BCUT2D eigenvalue weighted by atomic mass is 35.5. The van der Waals surface area contributed by atoms with E-state index in [1.54, 1.807) is 24.7 Å². The molecule has 1 aromatic heterocycles. The van der Waals surface area contributed by atoms with Gasteiger partial charge in [-0.2, -0.15) is 5.10 Å². The molecule has 0 radical (unpaired) electrons. The summed E-state index contributed by atoms with van der Waals surface area (Å²) in [6, 6.07) is 16.7. The molecule has 0 unspecified atom stereocenters. The Bertz CT molecular complexity index is 936. The molecule has 0 fully saturated rings. The number of halogens is 1. The zero-order chi connectivity index (χ0) is 19.6. The lowest BCUT2D eigenvalue weighted by Gasteiger charge is -2.07. The number of nitrogens with zero attached hydrogens (tertiary/aromatic N) is 3. The fourth-order valence-corrected chi connectivity index (χ4v) is 2.91. The van der Waals surface area contributed by atoms with Crippen LogP contribution in [0.4, 0.5) is 0 Å². The molecule has 1 N–H and O–H groups in total. The number of carbonyl (C=O) groups excluding carboxylic acids is 1. The monoisotopic (exact) mass is 412 g/mol. The first-order chi connectivity index (χ1) is 13.7. The fourth-order valence-electron chi connectivity index (χ4n) is 2.13. The van der Waals surface area contributed by atoms with Crippen molar-refractivity contribution >= 4 is 35.5 Å². The van der Waals surface area contributed by atoms with E-state index < -0.39 is 0 Å². The first-order valence-electron chi connectivity index (χ1n) is 8.39. The molecule has 6 nitrogen and oxygen atoms in total. The van der Waals surface area contributed by atoms with Gasteiger partial charge < -0.3 is 4.74 Å². The quantitative estimate of drug-likeness (QED) is 0.262. The van der Waals surface area contributed by atoms with Gasteiger partial charge in [-0.1, -0.05) is 41.6 Å². The maximum Gasteiger partial charge on any atom is 0.250 e. The molecular formula is C20H17ClN4O2S. The maximum atomic E-state index is 11.8. The molecule has 3 aromatic rings. The largest absolute Gasteiger partial charge is 0.489 e. The van der Waals surface area contributed by atoms with Gasteiger partial charge in [0.25, 0.3) is 5.91 Å². The Hall–Kier alpha value is -2.90. The van der Waals surface area contributed by atoms with E-state index in [0.717, 1.165) is 16.9 Å². The third-order valence-corrected chi connectivity index (χ3v) is 4.75. The van der Waals surface area contributed by atoms with E-state index in [2.05, 4.69) is 20.5 Å². The molecule has 0 saturated heterocycles. The summed E-state index contributed by atoms with van der Waals surface area (Å²) in [5, 5.41) is 5.18. The van der Waals surface area contributed by atoms with E-state index in [9.17, 15) is 4.79 Å². The van der Waals surface area contributed by atoms with E-state index in [1.165, 1.54) is 11.8 Å². The second-order valence-electron chi connectivity index (χ2n) is 5.56. The summed E-state index contributed by atoms with van der Waals surface area (Å²) < 4.78 is 5.73. The van der Waals surface area contributed by atoms with Crippen molar-refractivity contribution in [2.75, 3.05) is 5.75 Å². The van der Waals surface area contributed by atoms with Gasteiger partial charge in [-0.25, -0.2) is 15.4 Å². The molecule has 2 aromatic carbocycles. The normalized spacial score (nSPS) is 10.8. The third kappa shape index (κ3) is 6.37. The van der Waals surface area contributed by atoms with E-state index in [4.69, 9.17) is 16.3 Å². The summed E-state index contributed by atoms with van der Waals surface area (Å²) in [5.74, 6) is 0.685. The van der Waals surface area contributed by atoms with E-state index in [0.29, 0.717) is 16.8 Å². The van der Waals surface area contributed by atoms with Crippen molar-refractivity contribution in [2.24, 2.45) is 5.10 Å². The number of aromatic nitrogens is 2. The Morgan fingerprint density at radius 3 is 2.61 bits per heavy atom. The molecule has 0 atom stereocenters. The molecule has 142 valence electrons. The molecule has 0 bridgehead atoms. The molecule has 0 aliphatic carbocycles. The average Bonchev–Trinajstić information content (AvgIpc) is 2.73. The summed E-state index contributed by atoms with van der Waals surface area (Å²) in [5.41, 5.74) is 4.24. The van der Waals surface area contributed by atoms with Crippen molar-refractivity contribution in [1.82, 2.24) is 15.4 Å². The number of ether oxygens (including phenoxy) is 1. The van der Waals surface area contributed by atoms with Crippen LogP contribution in [0.3, 0.4) is 0 Å². The topological polar surface area (TPSA) is 76.5 Å². The summed E-state index contributed by atoms with van der Waals surface area (Å²) in [6.45, 7) is 0.395. The molecule has 0 aliphatic rings. The minimum absolute atomic E-state index is 0.191. The molecule has 3 rings (SSSR count). The van der Waals surface area contributed by atoms with Crippen LogP contribution in [-0.4, -0.2) is 27.8 Å². The number of hydrazone groups is 1. The van der Waals surface area contributed by atoms with Crippen molar-refractivity contribution in [3.05, 3.63) is 83.1 Å². The Kier molecular flexibility index (Phi) is 7.40. The fraction of sp³-hybridized carbons (Fsp3) is 0.100. The van der Waals surface area contributed by atoms with Gasteiger partial charge in [-0.3, -0.25) is 4.79 Å². The van der Waals surface area contributed by atoms with Gasteiger partial charge in [0.1, 0.15) is 12.4 Å². The number of amides is 1. The van der Waals surface area contributed by atoms with Crippen LogP contribution in [0.2, 0.25) is 5.02 Å². The lowest BCUT2D eigenvalue weighted by molar-refractivity contribution is -0.118. The molecule has 0 aliphatic heterocycles. The second-order valence-corrected chi connectivity index (χ2v) is 6.91. The molecule has 8 heteroatoms. The number of benzene rings is 2. The van der Waals surface area contributed by atoms with Crippen LogP contribution in [0, 0.1) is 0 Å². The van der Waals surface area contributed by atoms with E-state index >= 15 is 0 Å². The molecular weight excluding hydrogens is 396 g/mol. The molecule has 0 spiro atoms. The van der Waals surface area contributed by atoms with Crippen LogP contribution in [0.15, 0.2) is 77.2 Å². The lowest BCUT2D eigenvalue weighted by Crippen LogP contribution is -2.19. The highest BCUT2D eigenvalue weighted by Gasteiger charge is 2.03. The number of rotatable bonds is 8. The Labute approximate surface area is 172 Å². The van der Waals surface area contributed by atoms with Crippen molar-refractivity contribution in [1.29, 1.82) is 0 Å². The van der Waals surface area contributed by atoms with Crippen molar-refractivity contribution in [3.63, 3.8) is 0 Å². The number of thioether (sulfide) groups is 1. The minimum atomic E-state index is -0.228. The Morgan fingerprint density at radius 1 is 1.11 bits per heavy atom. The van der Waals surface area contributed by atoms with E-state index in [-0.39, 0.29) is 11.7 Å². The van der Waals surface area contributed by atoms with Crippen LogP contribution < -0.4 is 10.2 Å². The number of hydrogen-bond acceptors (Lipinski definition) is 6. The van der Waals surface area contributed by atoms with Crippen LogP contribution in [0.1, 0.15) is 11.1 Å². The summed E-state index contributed by atoms with van der Waals surface area (Å²) in [7, 11) is 0. The Balaban J connectivity index is 1.43. The second kappa shape index (κ2) is 10.4. The summed E-state index contributed by atoms with van der Waals surface area (Å²) in [6.07, 6.45) is 4.83. The lowest BCUT2D eigenvalue weighted by atomic mass is 10.2. The molecule has 0 saturated carbocycles. The van der Waals surface area contributed by atoms with E-state index in [1.807, 2.05) is 48.5 Å². The van der Waals surface area contributed by atoms with Gasteiger partial charge in [0, 0.05) is 23.0 Å². The number of nitrogens with one attached hydrogen (secondary N) is 1. The summed E-state index contributed by atoms with van der Waals surface area (Å²) in [4.78, 5) is 19.9. The number of hydrogen-bond donors (Lipinski definition) is 1. The van der Waals surface area contributed by atoms with Gasteiger partial charge in [0.2, 0.25) is 0 Å². The van der Waals surface area contributed by atoms with Crippen LogP contribution in [0.5, 0.6) is 5.75 Å². The van der Waals surface area contributed by atoms with Crippen LogP contribution in [0.25, 0.3) is 0 Å². The maximum absolute atomic E-state index is 11.8. The van der Waals surface area contributed by atoms with Gasteiger partial charge in [0.15, 0.2) is 5.16 Å². The molecule has 1 heterocycles. The standard InChI is InChI=1S/C20H17ClN4O2S/c21-18-5-2-1-4-16(18)13-27-17-8-6-15(7-9-17)12-24-25-19(26)14-28-20-22-10-3-11-23-20/h1-12H,13-14H2,(H,25,26). The average molecular weight is 413 g/mol. The highest BCUT2D eigenvalue weighted by Crippen LogP contribution is 2.18. The predicted octanol–water partition coefficient (Wildman–Crippen LogP) is 3.95. The van der Waals surface area contributed by atoms with Gasteiger partial charge in [-0.15, -0.1) is 0 Å². The van der Waals surface area contributed by atoms with Crippen LogP contribution >= 0.6 is 23.4 Å². The first-order valence-corrected chi connectivity index (χ1v) is 9.75. The molecule has 28 heavy (non-hydrogen) atoms. The SMILES string of the molecule is O=C(CSc1ncccn1)NN=Cc1ccc(OCc2ccccc2Cl)cc1. The van der Waals surface area contributed by atoms with Crippen molar-refractivity contribution in [2.45, 2.75) is 11.8 Å². The van der Waals surface area contributed by atoms with Crippen molar-refractivity contribution < 1.29 is 9.53 Å². The Morgan fingerprint density at radius 2 is 1.86 bits per heavy atom. The zero-order valence-corrected chi connectivity index (χ0v) is 16.4.